The lowest BCUT2D eigenvalue weighted by Gasteiger charge is -2.28. The monoisotopic (exact) mass is 466 g/mol. The molecule has 8 nitrogen and oxygen atoms in total. The third kappa shape index (κ3) is 7.23. The lowest BCUT2D eigenvalue weighted by Crippen LogP contribution is -2.46. The SMILES string of the molecule is CCOC(=O)CNC(=O)N(Cc1ccc(OS(=O)(=O)c2ccc(F)cc2)cc1)[C@H](C)CC. The molecule has 0 bridgehead atoms. The second-order valence-electron chi connectivity index (χ2n) is 6.98. The molecule has 0 aliphatic rings. The minimum absolute atomic E-state index is 0.0833. The van der Waals surface area contributed by atoms with Crippen LogP contribution >= 0.6 is 0 Å². The van der Waals surface area contributed by atoms with Crippen molar-refractivity contribution in [2.75, 3.05) is 13.2 Å². The van der Waals surface area contributed by atoms with Crippen LogP contribution in [0, 0.1) is 5.82 Å². The molecule has 0 aromatic heterocycles. The van der Waals surface area contributed by atoms with Gasteiger partial charge in [0.05, 0.1) is 6.61 Å². The molecule has 0 saturated carbocycles. The zero-order chi connectivity index (χ0) is 23.7. The largest absolute Gasteiger partial charge is 0.465 e. The van der Waals surface area contributed by atoms with Crippen LogP contribution in [0.5, 0.6) is 5.75 Å². The Labute approximate surface area is 187 Å². The summed E-state index contributed by atoms with van der Waals surface area (Å²) < 4.78 is 47.6. The summed E-state index contributed by atoms with van der Waals surface area (Å²) in [5, 5.41) is 2.55. The van der Waals surface area contributed by atoms with Crippen molar-refractivity contribution in [2.24, 2.45) is 0 Å². The quantitative estimate of drug-likeness (QED) is 0.425. The lowest BCUT2D eigenvalue weighted by molar-refractivity contribution is -0.141. The Kier molecular flexibility index (Phi) is 9.01. The molecule has 1 atom stereocenters. The fourth-order valence-corrected chi connectivity index (χ4v) is 3.66. The summed E-state index contributed by atoms with van der Waals surface area (Å²) in [6.07, 6.45) is 0.698. The second-order valence-corrected chi connectivity index (χ2v) is 8.53. The summed E-state index contributed by atoms with van der Waals surface area (Å²) in [7, 11) is -4.10. The predicted molar refractivity (Wildman–Crippen MR) is 116 cm³/mol. The number of benzene rings is 2. The molecule has 0 saturated heterocycles. The predicted octanol–water partition coefficient (Wildman–Crippen LogP) is 3.47. The fourth-order valence-electron chi connectivity index (χ4n) is 2.73. The number of nitrogens with one attached hydrogen (secondary N) is 1. The zero-order valence-corrected chi connectivity index (χ0v) is 19.0. The Balaban J connectivity index is 2.06. The van der Waals surface area contributed by atoms with Crippen LogP contribution in [0.4, 0.5) is 9.18 Å². The average molecular weight is 467 g/mol. The smallest absolute Gasteiger partial charge is 0.339 e. The number of hydrogen-bond donors (Lipinski definition) is 1. The van der Waals surface area contributed by atoms with E-state index in [0.29, 0.717) is 6.42 Å². The van der Waals surface area contributed by atoms with Crippen molar-refractivity contribution in [1.29, 1.82) is 0 Å². The van der Waals surface area contributed by atoms with E-state index in [2.05, 4.69) is 5.32 Å². The number of rotatable bonds is 10. The van der Waals surface area contributed by atoms with Crippen molar-refractivity contribution in [1.82, 2.24) is 10.2 Å². The summed E-state index contributed by atoms with van der Waals surface area (Å²) >= 11 is 0. The van der Waals surface area contributed by atoms with Crippen molar-refractivity contribution in [3.8, 4) is 5.75 Å². The molecule has 0 radical (unpaired) electrons. The molecule has 2 aromatic rings. The molecule has 1 N–H and O–H groups in total. The third-order valence-electron chi connectivity index (χ3n) is 4.66. The van der Waals surface area contributed by atoms with Crippen LogP contribution < -0.4 is 9.50 Å². The number of hydrogen-bond acceptors (Lipinski definition) is 6. The number of nitrogens with zero attached hydrogens (tertiary/aromatic N) is 1. The van der Waals surface area contributed by atoms with Gasteiger partial charge in [0.2, 0.25) is 0 Å². The van der Waals surface area contributed by atoms with Gasteiger partial charge in [0, 0.05) is 12.6 Å². The lowest BCUT2D eigenvalue weighted by atomic mass is 10.1. The molecule has 2 amide bonds. The molecular formula is C22H27FN2O6S. The molecule has 174 valence electrons. The maximum atomic E-state index is 13.0. The van der Waals surface area contributed by atoms with Crippen LogP contribution in [0.2, 0.25) is 0 Å². The molecule has 0 aliphatic heterocycles. The molecule has 0 fully saturated rings. The zero-order valence-electron chi connectivity index (χ0n) is 18.2. The standard InChI is InChI=1S/C22H27FN2O6S/c1-4-16(3)25(22(27)24-14-21(26)30-5-2)15-17-6-10-19(11-7-17)31-32(28,29)20-12-8-18(23)9-13-20/h6-13,16H,4-5,14-15H2,1-3H3,(H,24,27)/t16-/m1/s1. The number of carbonyl (C=O) groups is 2. The van der Waals surface area contributed by atoms with E-state index in [4.69, 9.17) is 8.92 Å². The summed E-state index contributed by atoms with van der Waals surface area (Å²) in [6.45, 7) is 5.76. The average Bonchev–Trinajstić information content (AvgIpc) is 2.76. The van der Waals surface area contributed by atoms with E-state index in [1.807, 2.05) is 13.8 Å². The molecule has 2 aromatic carbocycles. The van der Waals surface area contributed by atoms with Crippen molar-refractivity contribution < 1.29 is 31.3 Å². The summed E-state index contributed by atoms with van der Waals surface area (Å²) in [5.41, 5.74) is 0.739. The molecule has 0 unspecified atom stereocenters. The van der Waals surface area contributed by atoms with Gasteiger partial charge in [0.25, 0.3) is 0 Å². The highest BCUT2D eigenvalue weighted by atomic mass is 32.2. The van der Waals surface area contributed by atoms with Gasteiger partial charge < -0.3 is 19.1 Å². The van der Waals surface area contributed by atoms with E-state index in [-0.39, 0.29) is 36.4 Å². The van der Waals surface area contributed by atoms with Gasteiger partial charge in [0.15, 0.2) is 0 Å². The first kappa shape index (κ1) is 25.1. The summed E-state index contributed by atoms with van der Waals surface area (Å²) in [5.74, 6) is -0.987. The Hall–Kier alpha value is -3.14. The first-order valence-corrected chi connectivity index (χ1v) is 11.6. The van der Waals surface area contributed by atoms with Crippen LogP contribution in [0.3, 0.4) is 0 Å². The van der Waals surface area contributed by atoms with Gasteiger partial charge in [-0.15, -0.1) is 0 Å². The molecule has 0 aliphatic carbocycles. The Morgan fingerprint density at radius 3 is 2.25 bits per heavy atom. The summed E-state index contributed by atoms with van der Waals surface area (Å²) in [4.78, 5) is 25.5. The molecular weight excluding hydrogens is 439 g/mol. The molecule has 10 heteroatoms. The van der Waals surface area contributed by atoms with Gasteiger partial charge in [-0.25, -0.2) is 9.18 Å². The Morgan fingerprint density at radius 2 is 1.69 bits per heavy atom. The molecule has 0 spiro atoms. The van der Waals surface area contributed by atoms with Crippen LogP contribution in [0.15, 0.2) is 53.4 Å². The van der Waals surface area contributed by atoms with E-state index in [1.54, 1.807) is 24.0 Å². The molecule has 2 rings (SSSR count). The van der Waals surface area contributed by atoms with Crippen LogP contribution in [0.25, 0.3) is 0 Å². The van der Waals surface area contributed by atoms with Crippen LogP contribution in [0.1, 0.15) is 32.8 Å². The van der Waals surface area contributed by atoms with Crippen molar-refractivity contribution in [3.05, 3.63) is 59.9 Å². The number of carbonyl (C=O) groups excluding carboxylic acids is 2. The second kappa shape index (κ2) is 11.5. The minimum Gasteiger partial charge on any atom is -0.465 e. The van der Waals surface area contributed by atoms with Gasteiger partial charge >= 0.3 is 22.1 Å². The van der Waals surface area contributed by atoms with Gasteiger partial charge in [-0.3, -0.25) is 4.79 Å². The topological polar surface area (TPSA) is 102 Å². The van der Waals surface area contributed by atoms with Gasteiger partial charge in [-0.1, -0.05) is 19.1 Å². The number of halogens is 1. The van der Waals surface area contributed by atoms with E-state index in [0.717, 1.165) is 29.8 Å². The first-order valence-electron chi connectivity index (χ1n) is 10.1. The van der Waals surface area contributed by atoms with Gasteiger partial charge in [-0.05, 0) is 62.2 Å². The third-order valence-corrected chi connectivity index (χ3v) is 5.92. The van der Waals surface area contributed by atoms with Crippen molar-refractivity contribution in [3.63, 3.8) is 0 Å². The molecule has 32 heavy (non-hydrogen) atoms. The van der Waals surface area contributed by atoms with Crippen molar-refractivity contribution >= 4 is 22.1 Å². The highest BCUT2D eigenvalue weighted by Crippen LogP contribution is 2.21. The summed E-state index contributed by atoms with van der Waals surface area (Å²) in [6, 6.07) is 10.0. The number of esters is 1. The normalized spacial score (nSPS) is 12.0. The van der Waals surface area contributed by atoms with Gasteiger partial charge in [0.1, 0.15) is 23.0 Å². The maximum absolute atomic E-state index is 13.0. The first-order chi connectivity index (χ1) is 15.2. The van der Waals surface area contributed by atoms with E-state index in [9.17, 15) is 22.4 Å². The minimum atomic E-state index is -4.10. The highest BCUT2D eigenvalue weighted by Gasteiger charge is 2.21. The van der Waals surface area contributed by atoms with Crippen LogP contribution in [-0.4, -0.2) is 44.5 Å². The van der Waals surface area contributed by atoms with Crippen molar-refractivity contribution in [2.45, 2.75) is 44.7 Å². The highest BCUT2D eigenvalue weighted by molar-refractivity contribution is 7.87. The maximum Gasteiger partial charge on any atom is 0.339 e. The number of urea groups is 1. The van der Waals surface area contributed by atoms with E-state index < -0.39 is 27.9 Å². The fraction of sp³-hybridized carbons (Fsp3) is 0.364. The van der Waals surface area contributed by atoms with E-state index in [1.165, 1.54) is 12.1 Å². The van der Waals surface area contributed by atoms with Gasteiger partial charge in [-0.2, -0.15) is 8.42 Å². The van der Waals surface area contributed by atoms with Crippen LogP contribution in [-0.2, 0) is 26.2 Å². The Morgan fingerprint density at radius 1 is 1.06 bits per heavy atom. The number of amides is 2. The number of ether oxygens (including phenoxy) is 1. The Bertz CT molecular complexity index is 1010. The van der Waals surface area contributed by atoms with E-state index >= 15 is 0 Å². The molecule has 0 heterocycles.